The smallest absolute Gasteiger partial charge is 0.0441 e. The Labute approximate surface area is 95.9 Å². The molecule has 2 heteroatoms. The summed E-state index contributed by atoms with van der Waals surface area (Å²) in [5.74, 6) is 0. The van der Waals surface area contributed by atoms with E-state index in [0.29, 0.717) is 0 Å². The van der Waals surface area contributed by atoms with E-state index in [1.807, 2.05) is 18.2 Å². The van der Waals surface area contributed by atoms with Crippen LogP contribution in [0.3, 0.4) is 0 Å². The fourth-order valence-corrected chi connectivity index (χ4v) is 2.27. The Morgan fingerprint density at radius 1 is 1.33 bits per heavy atom. The first-order valence-corrected chi connectivity index (χ1v) is 5.82. The molecule has 0 aliphatic heterocycles. The van der Waals surface area contributed by atoms with Crippen molar-refractivity contribution in [2.45, 2.75) is 31.7 Å². The van der Waals surface area contributed by atoms with E-state index in [1.54, 1.807) is 0 Å². The molecule has 1 nitrogen and oxygen atoms in total. The van der Waals surface area contributed by atoms with Gasteiger partial charge in [0.2, 0.25) is 0 Å². The normalized spacial score (nSPS) is 21.2. The van der Waals surface area contributed by atoms with E-state index in [4.69, 9.17) is 17.3 Å². The summed E-state index contributed by atoms with van der Waals surface area (Å²) < 4.78 is 0. The molecule has 80 valence electrons. The predicted octanol–water partition coefficient (Wildman–Crippen LogP) is 3.32. The molecule has 0 heterocycles. The molecule has 0 bridgehead atoms. The van der Waals surface area contributed by atoms with Crippen LogP contribution in [0.5, 0.6) is 0 Å². The lowest BCUT2D eigenvalue weighted by molar-refractivity contribution is 0.617. The van der Waals surface area contributed by atoms with Gasteiger partial charge in [-0.25, -0.2) is 0 Å². The second kappa shape index (κ2) is 4.82. The van der Waals surface area contributed by atoms with Crippen molar-refractivity contribution in [2.24, 2.45) is 5.73 Å². The number of hydrogen-bond acceptors (Lipinski definition) is 1. The molecule has 1 aromatic rings. The average molecular weight is 222 g/mol. The molecular formula is C13H16ClN. The van der Waals surface area contributed by atoms with Crippen LogP contribution in [-0.2, 0) is 6.42 Å². The van der Waals surface area contributed by atoms with Crippen LogP contribution in [0.25, 0.3) is 0 Å². The first-order valence-electron chi connectivity index (χ1n) is 5.44. The number of halogens is 1. The van der Waals surface area contributed by atoms with Crippen LogP contribution >= 0.6 is 11.6 Å². The average Bonchev–Trinajstić information content (AvgIpc) is 2.22. The molecule has 0 saturated carbocycles. The summed E-state index contributed by atoms with van der Waals surface area (Å²) in [6.45, 7) is 0. The highest BCUT2D eigenvalue weighted by Crippen LogP contribution is 2.24. The Hall–Kier alpha value is -0.790. The van der Waals surface area contributed by atoms with Crippen molar-refractivity contribution in [3.63, 3.8) is 0 Å². The first-order chi connectivity index (χ1) is 7.25. The largest absolute Gasteiger partial charge is 0.324 e. The number of rotatable bonds is 2. The summed E-state index contributed by atoms with van der Waals surface area (Å²) in [5.41, 5.74) is 8.55. The molecule has 1 aliphatic rings. The van der Waals surface area contributed by atoms with Gasteiger partial charge in [0.15, 0.2) is 0 Å². The number of hydrogen-bond donors (Lipinski definition) is 1. The van der Waals surface area contributed by atoms with Crippen molar-refractivity contribution in [3.05, 3.63) is 46.5 Å². The van der Waals surface area contributed by atoms with Crippen molar-refractivity contribution in [1.82, 2.24) is 0 Å². The third-order valence-electron chi connectivity index (χ3n) is 2.86. The summed E-state index contributed by atoms with van der Waals surface area (Å²) in [7, 11) is 0. The molecule has 2 N–H and O–H groups in total. The van der Waals surface area contributed by atoms with Gasteiger partial charge >= 0.3 is 0 Å². The Kier molecular flexibility index (Phi) is 3.45. The summed E-state index contributed by atoms with van der Waals surface area (Å²) >= 11 is 6.12. The maximum atomic E-state index is 6.12. The highest BCUT2D eigenvalue weighted by Gasteiger charge is 2.11. The lowest BCUT2D eigenvalue weighted by atomic mass is 9.92. The monoisotopic (exact) mass is 221 g/mol. The summed E-state index contributed by atoms with van der Waals surface area (Å²) in [4.78, 5) is 0. The zero-order chi connectivity index (χ0) is 10.7. The van der Waals surface area contributed by atoms with E-state index in [-0.39, 0.29) is 6.04 Å². The van der Waals surface area contributed by atoms with E-state index in [9.17, 15) is 0 Å². The standard InChI is InChI=1S/C13H16ClN/c14-13-7-2-1-5-11(13)8-10-4-3-6-12(15)9-10/h1-2,5,7,9,12H,3-4,6,8,15H2. The van der Waals surface area contributed by atoms with Gasteiger partial charge in [-0.1, -0.05) is 41.4 Å². The van der Waals surface area contributed by atoms with Crippen LogP contribution < -0.4 is 5.73 Å². The highest BCUT2D eigenvalue weighted by atomic mass is 35.5. The summed E-state index contributed by atoms with van der Waals surface area (Å²) in [6, 6.07) is 8.28. The minimum Gasteiger partial charge on any atom is -0.324 e. The second-order valence-corrected chi connectivity index (χ2v) is 4.56. The van der Waals surface area contributed by atoms with E-state index in [1.165, 1.54) is 24.0 Å². The third kappa shape index (κ3) is 2.83. The molecule has 1 aromatic carbocycles. The minimum absolute atomic E-state index is 0.247. The first kappa shape index (κ1) is 10.7. The van der Waals surface area contributed by atoms with Crippen molar-refractivity contribution in [1.29, 1.82) is 0 Å². The van der Waals surface area contributed by atoms with Gasteiger partial charge in [0.05, 0.1) is 0 Å². The Balaban J connectivity index is 2.12. The predicted molar refractivity (Wildman–Crippen MR) is 65.1 cm³/mol. The third-order valence-corrected chi connectivity index (χ3v) is 3.23. The van der Waals surface area contributed by atoms with Gasteiger partial charge in [-0.3, -0.25) is 0 Å². The molecule has 2 rings (SSSR count). The molecule has 0 saturated heterocycles. The summed E-state index contributed by atoms with van der Waals surface area (Å²) in [5, 5.41) is 0.859. The molecule has 0 fully saturated rings. The SMILES string of the molecule is NC1C=C(Cc2ccccc2Cl)CCC1. The van der Waals surface area contributed by atoms with Crippen molar-refractivity contribution >= 4 is 11.6 Å². The molecule has 1 aliphatic carbocycles. The van der Waals surface area contributed by atoms with Gasteiger partial charge in [-0.2, -0.15) is 0 Å². The van der Waals surface area contributed by atoms with E-state index in [0.717, 1.165) is 17.9 Å². The minimum atomic E-state index is 0.247. The number of benzene rings is 1. The molecule has 0 radical (unpaired) electrons. The van der Waals surface area contributed by atoms with Crippen molar-refractivity contribution in [2.75, 3.05) is 0 Å². The van der Waals surface area contributed by atoms with Gasteiger partial charge in [0.1, 0.15) is 0 Å². The van der Waals surface area contributed by atoms with Gasteiger partial charge in [0, 0.05) is 11.1 Å². The highest BCUT2D eigenvalue weighted by molar-refractivity contribution is 6.31. The maximum Gasteiger partial charge on any atom is 0.0441 e. The van der Waals surface area contributed by atoms with E-state index >= 15 is 0 Å². The van der Waals surface area contributed by atoms with Crippen LogP contribution in [0.2, 0.25) is 5.02 Å². The van der Waals surface area contributed by atoms with Crippen LogP contribution in [0, 0.1) is 0 Å². The van der Waals surface area contributed by atoms with Gasteiger partial charge in [0.25, 0.3) is 0 Å². The van der Waals surface area contributed by atoms with Crippen LogP contribution in [0.4, 0.5) is 0 Å². The Morgan fingerprint density at radius 2 is 2.13 bits per heavy atom. The molecule has 0 spiro atoms. The van der Waals surface area contributed by atoms with Crippen molar-refractivity contribution in [3.8, 4) is 0 Å². The van der Waals surface area contributed by atoms with Gasteiger partial charge < -0.3 is 5.73 Å². The Morgan fingerprint density at radius 3 is 2.87 bits per heavy atom. The fourth-order valence-electron chi connectivity index (χ4n) is 2.07. The molecular weight excluding hydrogens is 206 g/mol. The second-order valence-electron chi connectivity index (χ2n) is 4.15. The number of nitrogens with two attached hydrogens (primary N) is 1. The fraction of sp³-hybridized carbons (Fsp3) is 0.385. The maximum absolute atomic E-state index is 6.12. The van der Waals surface area contributed by atoms with Crippen LogP contribution in [0.1, 0.15) is 24.8 Å². The zero-order valence-electron chi connectivity index (χ0n) is 8.75. The topological polar surface area (TPSA) is 26.0 Å². The molecule has 1 atom stereocenters. The van der Waals surface area contributed by atoms with Crippen LogP contribution in [0.15, 0.2) is 35.9 Å². The van der Waals surface area contributed by atoms with E-state index in [2.05, 4.69) is 12.1 Å². The summed E-state index contributed by atoms with van der Waals surface area (Å²) in [6.07, 6.45) is 6.64. The van der Waals surface area contributed by atoms with Gasteiger partial charge in [-0.15, -0.1) is 0 Å². The van der Waals surface area contributed by atoms with Crippen LogP contribution in [-0.4, -0.2) is 6.04 Å². The molecule has 15 heavy (non-hydrogen) atoms. The number of allylic oxidation sites excluding steroid dienone is 1. The quantitative estimate of drug-likeness (QED) is 0.762. The molecule has 0 aromatic heterocycles. The zero-order valence-corrected chi connectivity index (χ0v) is 9.50. The van der Waals surface area contributed by atoms with Crippen molar-refractivity contribution < 1.29 is 0 Å². The molecule has 0 amide bonds. The van der Waals surface area contributed by atoms with Gasteiger partial charge in [-0.05, 0) is 37.3 Å². The van der Waals surface area contributed by atoms with E-state index < -0.39 is 0 Å². The lowest BCUT2D eigenvalue weighted by Gasteiger charge is -2.18. The molecule has 1 unspecified atom stereocenters. The lowest BCUT2D eigenvalue weighted by Crippen LogP contribution is -2.20. The Bertz CT molecular complexity index is 371.